The second-order valence-electron chi connectivity index (χ2n) is 8.94. The number of aliphatic hydroxyl groups is 1. The predicted octanol–water partition coefficient (Wildman–Crippen LogP) is 4.73. The molecule has 0 amide bonds. The minimum absolute atomic E-state index is 0.142. The summed E-state index contributed by atoms with van der Waals surface area (Å²) in [4.78, 5) is 13.5. The summed E-state index contributed by atoms with van der Waals surface area (Å²) < 4.78 is 20.4. The van der Waals surface area contributed by atoms with Crippen molar-refractivity contribution in [3.05, 3.63) is 34.7 Å². The van der Waals surface area contributed by atoms with E-state index in [-0.39, 0.29) is 24.4 Å². The molecule has 1 aromatic heterocycles. The van der Waals surface area contributed by atoms with Gasteiger partial charge in [0.1, 0.15) is 11.5 Å². The number of aliphatic imine (C=N–C) groups is 1. The van der Waals surface area contributed by atoms with E-state index in [0.717, 1.165) is 24.1 Å². The van der Waals surface area contributed by atoms with E-state index in [1.807, 2.05) is 6.07 Å². The third-order valence-electron chi connectivity index (χ3n) is 6.77. The Morgan fingerprint density at radius 1 is 1.23 bits per heavy atom. The molecule has 5 atom stereocenters. The quantitative estimate of drug-likeness (QED) is 0.715. The smallest absolute Gasteiger partial charge is 0.223 e. The predicted molar refractivity (Wildman–Crippen MR) is 119 cm³/mol. The fraction of sp³-hybridized carbons (Fsp3) is 0.522. The number of rotatable bonds is 3. The van der Waals surface area contributed by atoms with Crippen LogP contribution in [0.15, 0.2) is 23.3 Å². The molecular formula is C23H26ClFN4O2. The topological polar surface area (TPSA) is 79.6 Å². The van der Waals surface area contributed by atoms with Crippen LogP contribution in [0.3, 0.4) is 0 Å². The minimum Gasteiger partial charge on any atom is -0.389 e. The third-order valence-corrected chi connectivity index (χ3v) is 7.05. The lowest BCUT2D eigenvalue weighted by atomic mass is 9.72. The van der Waals surface area contributed by atoms with Gasteiger partial charge in [-0.05, 0) is 48.8 Å². The minimum atomic E-state index is -0.640. The number of nitrogens with zero attached hydrogens (tertiary/aromatic N) is 3. The summed E-state index contributed by atoms with van der Waals surface area (Å²) in [5, 5.41) is 13.7. The van der Waals surface area contributed by atoms with Gasteiger partial charge in [0.05, 0.1) is 35.7 Å². The van der Waals surface area contributed by atoms with Crippen molar-refractivity contribution in [2.75, 3.05) is 18.5 Å². The van der Waals surface area contributed by atoms with Crippen molar-refractivity contribution in [2.24, 2.45) is 16.8 Å². The first-order valence-electron chi connectivity index (χ1n) is 10.9. The molecule has 3 unspecified atom stereocenters. The summed E-state index contributed by atoms with van der Waals surface area (Å²) in [6.45, 7) is 5.22. The summed E-state index contributed by atoms with van der Waals surface area (Å²) >= 11 is 6.42. The molecule has 1 saturated heterocycles. The Morgan fingerprint density at radius 2 is 2.06 bits per heavy atom. The Bertz CT molecular complexity index is 1050. The van der Waals surface area contributed by atoms with Crippen LogP contribution in [0.25, 0.3) is 11.3 Å². The van der Waals surface area contributed by atoms with E-state index in [0.29, 0.717) is 52.8 Å². The van der Waals surface area contributed by atoms with E-state index in [9.17, 15) is 5.11 Å². The van der Waals surface area contributed by atoms with Crippen LogP contribution in [0.2, 0.25) is 5.02 Å². The van der Waals surface area contributed by atoms with Crippen molar-refractivity contribution in [1.82, 2.24) is 9.97 Å². The molecular weight excluding hydrogens is 419 g/mol. The Balaban J connectivity index is 1.50. The summed E-state index contributed by atoms with van der Waals surface area (Å²) in [6, 6.07) is 3.23. The van der Waals surface area contributed by atoms with Crippen LogP contribution in [0.5, 0.6) is 0 Å². The van der Waals surface area contributed by atoms with Gasteiger partial charge in [-0.3, -0.25) is 4.99 Å². The SMILES string of the molecule is CC1CCC(C)C2C1=Nc1c(F)cc(-c3nc(N[C@@H]4CCOC[C@H]4O)ncc3Cl)cc12. The number of fused-ring (bicyclic) bond motifs is 3. The van der Waals surface area contributed by atoms with Gasteiger partial charge in [-0.25, -0.2) is 14.4 Å². The van der Waals surface area contributed by atoms with Gasteiger partial charge in [-0.1, -0.05) is 25.4 Å². The molecule has 1 aliphatic carbocycles. The molecule has 1 aromatic carbocycles. The molecule has 3 heterocycles. The van der Waals surface area contributed by atoms with Gasteiger partial charge in [-0.15, -0.1) is 0 Å². The van der Waals surface area contributed by atoms with Crippen molar-refractivity contribution in [2.45, 2.75) is 51.2 Å². The highest BCUT2D eigenvalue weighted by molar-refractivity contribution is 6.32. The van der Waals surface area contributed by atoms with E-state index in [1.54, 1.807) is 0 Å². The zero-order valence-corrected chi connectivity index (χ0v) is 18.4. The summed E-state index contributed by atoms with van der Waals surface area (Å²) in [5.74, 6) is 0.921. The van der Waals surface area contributed by atoms with Crippen molar-refractivity contribution in [3.8, 4) is 11.3 Å². The van der Waals surface area contributed by atoms with Gasteiger partial charge < -0.3 is 15.2 Å². The number of halogens is 2. The number of aliphatic hydroxyl groups excluding tert-OH is 1. The Hall–Kier alpha value is -2.09. The highest BCUT2D eigenvalue weighted by Crippen LogP contribution is 2.49. The van der Waals surface area contributed by atoms with E-state index in [4.69, 9.17) is 16.3 Å². The lowest BCUT2D eigenvalue weighted by molar-refractivity contribution is -0.0136. The maximum absolute atomic E-state index is 15.1. The number of aromatic nitrogens is 2. The second kappa shape index (κ2) is 8.11. The summed E-state index contributed by atoms with van der Waals surface area (Å²) in [5.41, 5.74) is 3.55. The molecule has 2 aliphatic heterocycles. The van der Waals surface area contributed by atoms with Crippen LogP contribution in [-0.4, -0.2) is 46.1 Å². The number of hydrogen-bond donors (Lipinski definition) is 2. The first kappa shape index (κ1) is 20.8. The number of nitrogens with one attached hydrogen (secondary N) is 1. The van der Waals surface area contributed by atoms with Crippen LogP contribution in [-0.2, 0) is 4.74 Å². The molecule has 2 fully saturated rings. The maximum Gasteiger partial charge on any atom is 0.223 e. The van der Waals surface area contributed by atoms with Crippen molar-refractivity contribution in [3.63, 3.8) is 0 Å². The van der Waals surface area contributed by atoms with Gasteiger partial charge in [-0.2, -0.15) is 0 Å². The molecule has 0 radical (unpaired) electrons. The molecule has 5 rings (SSSR count). The molecule has 6 nitrogen and oxygen atoms in total. The lowest BCUT2D eigenvalue weighted by Crippen LogP contribution is -2.42. The van der Waals surface area contributed by atoms with Gasteiger partial charge in [0, 0.05) is 23.8 Å². The maximum atomic E-state index is 15.1. The fourth-order valence-electron chi connectivity index (χ4n) is 5.01. The first-order valence-corrected chi connectivity index (χ1v) is 11.3. The van der Waals surface area contributed by atoms with Gasteiger partial charge >= 0.3 is 0 Å². The van der Waals surface area contributed by atoms with E-state index in [1.165, 1.54) is 12.3 Å². The third kappa shape index (κ3) is 3.73. The number of ether oxygens (including phenoxy) is 1. The number of benzene rings is 1. The van der Waals surface area contributed by atoms with E-state index < -0.39 is 6.10 Å². The molecule has 3 aliphatic rings. The summed E-state index contributed by atoms with van der Waals surface area (Å²) in [7, 11) is 0. The largest absolute Gasteiger partial charge is 0.389 e. The fourth-order valence-corrected chi connectivity index (χ4v) is 5.21. The highest BCUT2D eigenvalue weighted by atomic mass is 35.5. The van der Waals surface area contributed by atoms with Gasteiger partial charge in [0.2, 0.25) is 5.95 Å². The molecule has 8 heteroatoms. The monoisotopic (exact) mass is 444 g/mol. The zero-order valence-electron chi connectivity index (χ0n) is 17.6. The average molecular weight is 445 g/mol. The van der Waals surface area contributed by atoms with Gasteiger partial charge in [0.15, 0.2) is 0 Å². The van der Waals surface area contributed by atoms with Crippen LogP contribution in [0.4, 0.5) is 16.0 Å². The Labute approximate surface area is 185 Å². The van der Waals surface area contributed by atoms with E-state index in [2.05, 4.69) is 34.1 Å². The molecule has 31 heavy (non-hydrogen) atoms. The van der Waals surface area contributed by atoms with Crippen molar-refractivity contribution >= 4 is 28.9 Å². The van der Waals surface area contributed by atoms with Crippen LogP contribution >= 0.6 is 11.6 Å². The van der Waals surface area contributed by atoms with Crippen LogP contribution in [0.1, 0.15) is 44.6 Å². The second-order valence-corrected chi connectivity index (χ2v) is 9.35. The molecule has 2 N–H and O–H groups in total. The normalized spacial score (nSPS) is 29.8. The average Bonchev–Trinajstić information content (AvgIpc) is 3.15. The van der Waals surface area contributed by atoms with Crippen LogP contribution in [0, 0.1) is 17.7 Å². The van der Waals surface area contributed by atoms with Gasteiger partial charge in [0.25, 0.3) is 0 Å². The Kier molecular flexibility index (Phi) is 5.44. The number of hydrogen-bond acceptors (Lipinski definition) is 6. The molecule has 2 aromatic rings. The van der Waals surface area contributed by atoms with Crippen molar-refractivity contribution in [1.29, 1.82) is 0 Å². The molecule has 0 spiro atoms. The highest BCUT2D eigenvalue weighted by Gasteiger charge is 2.39. The first-order chi connectivity index (χ1) is 14.9. The number of anilines is 1. The lowest BCUT2D eigenvalue weighted by Gasteiger charge is -2.31. The standard InChI is InChI=1S/C23H26ClFN4O2/c1-11-3-4-12(2)20-19(11)14-7-13(8-16(25)22(14)28-20)21-15(24)9-26-23(29-21)27-17-5-6-31-10-18(17)30/h7-9,11-12,17-19,30H,3-6,10H2,1-2H3,(H,26,27,29)/t11?,12?,17-,18-,19?/m1/s1. The molecule has 164 valence electrons. The van der Waals surface area contributed by atoms with Crippen LogP contribution < -0.4 is 5.32 Å². The van der Waals surface area contributed by atoms with Crippen molar-refractivity contribution < 1.29 is 14.2 Å². The zero-order chi connectivity index (χ0) is 21.7. The Morgan fingerprint density at radius 3 is 2.87 bits per heavy atom. The van der Waals surface area contributed by atoms with E-state index >= 15 is 4.39 Å². The summed E-state index contributed by atoms with van der Waals surface area (Å²) in [6.07, 6.45) is 3.71. The molecule has 0 bridgehead atoms. The molecule has 1 saturated carbocycles.